The summed E-state index contributed by atoms with van der Waals surface area (Å²) in [6.07, 6.45) is 5.82. The fraction of sp³-hybridized carbons (Fsp3) is 1.00. The van der Waals surface area contributed by atoms with Crippen molar-refractivity contribution in [2.45, 2.75) is 42.6 Å². The van der Waals surface area contributed by atoms with Crippen molar-refractivity contribution in [2.24, 2.45) is 0 Å². The molecule has 0 aromatic heterocycles. The number of hydrogen-bond donors (Lipinski definition) is 4. The standard InChI is InChI=1S/C9H20S4/c10-6-4-8(12)2-1-3-9(13)5-7-11/h8-13H,1-7H2. The molecular formula is C9H20S4. The molecule has 0 aliphatic carbocycles. The molecule has 2 unspecified atom stereocenters. The molecule has 0 aliphatic rings. The summed E-state index contributed by atoms with van der Waals surface area (Å²) in [5.74, 6) is 1.88. The molecule has 0 fully saturated rings. The Balaban J connectivity index is 3.23. The Kier molecular flexibility index (Phi) is 11.0. The van der Waals surface area contributed by atoms with Crippen LogP contribution in [0.1, 0.15) is 32.1 Å². The molecule has 13 heavy (non-hydrogen) atoms. The summed E-state index contributed by atoms with van der Waals surface area (Å²) in [7, 11) is 0. The summed E-state index contributed by atoms with van der Waals surface area (Å²) >= 11 is 17.3. The zero-order valence-corrected chi connectivity index (χ0v) is 11.5. The first-order valence-corrected chi connectivity index (χ1v) is 7.08. The van der Waals surface area contributed by atoms with Crippen LogP contribution in [-0.2, 0) is 0 Å². The van der Waals surface area contributed by atoms with Gasteiger partial charge in [-0.15, -0.1) is 0 Å². The molecule has 0 bridgehead atoms. The van der Waals surface area contributed by atoms with Crippen molar-refractivity contribution in [3.63, 3.8) is 0 Å². The van der Waals surface area contributed by atoms with Gasteiger partial charge in [0, 0.05) is 10.5 Å². The highest BCUT2D eigenvalue weighted by atomic mass is 32.1. The van der Waals surface area contributed by atoms with Crippen molar-refractivity contribution in [1.82, 2.24) is 0 Å². The first-order valence-electron chi connectivity index (χ1n) is 4.78. The van der Waals surface area contributed by atoms with E-state index >= 15 is 0 Å². The first kappa shape index (κ1) is 14.4. The lowest BCUT2D eigenvalue weighted by Gasteiger charge is -2.11. The van der Waals surface area contributed by atoms with E-state index in [0.29, 0.717) is 10.5 Å². The van der Waals surface area contributed by atoms with E-state index in [0.717, 1.165) is 24.3 Å². The molecule has 0 heterocycles. The van der Waals surface area contributed by atoms with Crippen LogP contribution in [0.4, 0.5) is 0 Å². The topological polar surface area (TPSA) is 0 Å². The summed E-state index contributed by atoms with van der Waals surface area (Å²) < 4.78 is 0. The van der Waals surface area contributed by atoms with Crippen LogP contribution in [0, 0.1) is 0 Å². The minimum atomic E-state index is 0.522. The second kappa shape index (κ2) is 9.94. The lowest BCUT2D eigenvalue weighted by Crippen LogP contribution is -2.04. The van der Waals surface area contributed by atoms with Crippen molar-refractivity contribution < 1.29 is 0 Å². The first-order chi connectivity index (χ1) is 6.20. The highest BCUT2D eigenvalue weighted by Gasteiger charge is 2.05. The third-order valence-corrected chi connectivity index (χ3v) is 3.55. The van der Waals surface area contributed by atoms with Crippen LogP contribution in [-0.4, -0.2) is 22.0 Å². The van der Waals surface area contributed by atoms with Crippen molar-refractivity contribution in [2.75, 3.05) is 11.5 Å². The zero-order chi connectivity index (χ0) is 10.1. The van der Waals surface area contributed by atoms with Gasteiger partial charge in [0.1, 0.15) is 0 Å². The quantitative estimate of drug-likeness (QED) is 0.470. The monoisotopic (exact) mass is 256 g/mol. The summed E-state index contributed by atoms with van der Waals surface area (Å²) in [6.45, 7) is 0. The molecule has 2 atom stereocenters. The van der Waals surface area contributed by atoms with Crippen LogP contribution in [0.2, 0.25) is 0 Å². The summed E-state index contributed by atoms with van der Waals surface area (Å²) in [6, 6.07) is 0. The van der Waals surface area contributed by atoms with Gasteiger partial charge in [-0.3, -0.25) is 0 Å². The Bertz CT molecular complexity index is 95.8. The van der Waals surface area contributed by atoms with Gasteiger partial charge in [-0.2, -0.15) is 50.5 Å². The minimum Gasteiger partial charge on any atom is -0.179 e. The van der Waals surface area contributed by atoms with Crippen molar-refractivity contribution in [3.8, 4) is 0 Å². The SMILES string of the molecule is SCCC(S)CCCC(S)CCS. The van der Waals surface area contributed by atoms with Crippen LogP contribution >= 0.6 is 50.5 Å². The summed E-state index contributed by atoms with van der Waals surface area (Å²) in [5, 5.41) is 1.04. The maximum Gasteiger partial charge on any atom is 0.00245 e. The highest BCUT2D eigenvalue weighted by Crippen LogP contribution is 2.16. The van der Waals surface area contributed by atoms with Gasteiger partial charge < -0.3 is 0 Å². The molecule has 0 rings (SSSR count). The third-order valence-electron chi connectivity index (χ3n) is 2.00. The Hall–Kier alpha value is 1.40. The van der Waals surface area contributed by atoms with E-state index in [1.165, 1.54) is 19.3 Å². The van der Waals surface area contributed by atoms with Crippen molar-refractivity contribution in [1.29, 1.82) is 0 Å². The lowest BCUT2D eigenvalue weighted by molar-refractivity contribution is 0.627. The molecule has 0 nitrogen and oxygen atoms in total. The Morgan fingerprint density at radius 3 is 1.38 bits per heavy atom. The van der Waals surface area contributed by atoms with Crippen LogP contribution in [0.15, 0.2) is 0 Å². The highest BCUT2D eigenvalue weighted by molar-refractivity contribution is 7.81. The molecule has 0 spiro atoms. The van der Waals surface area contributed by atoms with Crippen LogP contribution in [0.25, 0.3) is 0 Å². The average Bonchev–Trinajstić information content (AvgIpc) is 2.05. The predicted molar refractivity (Wildman–Crippen MR) is 76.3 cm³/mol. The fourth-order valence-electron chi connectivity index (χ4n) is 1.18. The molecule has 0 amide bonds. The van der Waals surface area contributed by atoms with Gasteiger partial charge in [0.15, 0.2) is 0 Å². The smallest absolute Gasteiger partial charge is 0.00245 e. The maximum atomic E-state index is 4.48. The number of hydrogen-bond acceptors (Lipinski definition) is 4. The summed E-state index contributed by atoms with van der Waals surface area (Å²) in [5.41, 5.74) is 0. The van der Waals surface area contributed by atoms with Gasteiger partial charge in [0.05, 0.1) is 0 Å². The van der Waals surface area contributed by atoms with E-state index in [2.05, 4.69) is 50.5 Å². The largest absolute Gasteiger partial charge is 0.179 e. The molecule has 0 N–H and O–H groups in total. The van der Waals surface area contributed by atoms with Gasteiger partial charge in [0.2, 0.25) is 0 Å². The van der Waals surface area contributed by atoms with E-state index in [9.17, 15) is 0 Å². The van der Waals surface area contributed by atoms with Gasteiger partial charge in [0.25, 0.3) is 0 Å². The van der Waals surface area contributed by atoms with E-state index in [-0.39, 0.29) is 0 Å². The Labute approximate surface area is 104 Å². The third kappa shape index (κ3) is 9.70. The fourth-order valence-corrected chi connectivity index (χ4v) is 2.83. The number of rotatable bonds is 8. The zero-order valence-electron chi connectivity index (χ0n) is 7.89. The molecule has 0 aromatic carbocycles. The average molecular weight is 257 g/mol. The molecule has 4 heteroatoms. The molecule has 0 radical (unpaired) electrons. The molecule has 0 aliphatic heterocycles. The molecular weight excluding hydrogens is 236 g/mol. The van der Waals surface area contributed by atoms with Gasteiger partial charge in [-0.1, -0.05) is 6.42 Å². The second-order valence-electron chi connectivity index (χ2n) is 3.26. The van der Waals surface area contributed by atoms with Gasteiger partial charge in [-0.25, -0.2) is 0 Å². The Morgan fingerprint density at radius 2 is 1.08 bits per heavy atom. The van der Waals surface area contributed by atoms with Gasteiger partial charge in [-0.05, 0) is 37.2 Å². The lowest BCUT2D eigenvalue weighted by atomic mass is 10.1. The molecule has 80 valence electrons. The number of thiol groups is 4. The van der Waals surface area contributed by atoms with E-state index in [1.54, 1.807) is 0 Å². The molecule has 0 saturated heterocycles. The normalized spacial score (nSPS) is 15.7. The van der Waals surface area contributed by atoms with Gasteiger partial charge >= 0.3 is 0 Å². The van der Waals surface area contributed by atoms with E-state index in [1.807, 2.05) is 0 Å². The van der Waals surface area contributed by atoms with Crippen LogP contribution < -0.4 is 0 Å². The van der Waals surface area contributed by atoms with Crippen molar-refractivity contribution >= 4 is 50.5 Å². The van der Waals surface area contributed by atoms with Crippen molar-refractivity contribution in [3.05, 3.63) is 0 Å². The second-order valence-corrected chi connectivity index (χ2v) is 5.62. The molecule has 0 saturated carbocycles. The summed E-state index contributed by atoms with van der Waals surface area (Å²) in [4.78, 5) is 0. The minimum absolute atomic E-state index is 0.522. The maximum absolute atomic E-state index is 4.48. The van der Waals surface area contributed by atoms with E-state index < -0.39 is 0 Å². The van der Waals surface area contributed by atoms with Crippen LogP contribution in [0.3, 0.4) is 0 Å². The van der Waals surface area contributed by atoms with E-state index in [4.69, 9.17) is 0 Å². The Morgan fingerprint density at radius 1 is 0.692 bits per heavy atom. The van der Waals surface area contributed by atoms with Crippen LogP contribution in [0.5, 0.6) is 0 Å². The predicted octanol–water partition coefficient (Wildman–Crippen LogP) is 3.39. The molecule has 0 aromatic rings.